The van der Waals surface area contributed by atoms with Crippen LogP contribution in [0.3, 0.4) is 0 Å². The Balaban J connectivity index is 1.97. The molecule has 2 aromatic rings. The van der Waals surface area contributed by atoms with Crippen molar-refractivity contribution >= 4 is 11.6 Å². The molecule has 0 atom stereocenters. The van der Waals surface area contributed by atoms with Crippen LogP contribution >= 0.6 is 0 Å². The zero-order valence-electron chi connectivity index (χ0n) is 11.1. The van der Waals surface area contributed by atoms with E-state index in [1.807, 2.05) is 0 Å². The molecule has 110 valence electrons. The number of para-hydroxylation sites is 1. The molecule has 0 unspecified atom stereocenters. The smallest absolute Gasteiger partial charge is 0.262 e. The number of nitrogens with one attached hydrogen (secondary N) is 1. The first kappa shape index (κ1) is 14.9. The third-order valence-electron chi connectivity index (χ3n) is 2.75. The number of rotatable bonds is 5. The number of carbonyl (C=O) groups is 1. The minimum Gasteiger partial charge on any atom is -0.483 e. The van der Waals surface area contributed by atoms with E-state index in [2.05, 4.69) is 5.32 Å². The van der Waals surface area contributed by atoms with Crippen molar-refractivity contribution in [1.29, 1.82) is 0 Å². The minimum atomic E-state index is -0.716. The average Bonchev–Trinajstić information content (AvgIpc) is 2.49. The van der Waals surface area contributed by atoms with E-state index in [1.165, 1.54) is 0 Å². The number of hydrogen-bond donors (Lipinski definition) is 2. The Morgan fingerprint density at radius 3 is 2.71 bits per heavy atom. The third-order valence-corrected chi connectivity index (χ3v) is 2.75. The van der Waals surface area contributed by atoms with E-state index in [0.29, 0.717) is 5.75 Å². The van der Waals surface area contributed by atoms with Crippen molar-refractivity contribution in [2.24, 2.45) is 5.73 Å². The maximum Gasteiger partial charge on any atom is 0.262 e. The van der Waals surface area contributed by atoms with E-state index in [4.69, 9.17) is 10.5 Å². The van der Waals surface area contributed by atoms with Crippen LogP contribution in [-0.4, -0.2) is 12.5 Å². The zero-order chi connectivity index (χ0) is 15.2. The van der Waals surface area contributed by atoms with E-state index in [0.717, 1.165) is 23.8 Å². The van der Waals surface area contributed by atoms with Crippen LogP contribution in [0.25, 0.3) is 0 Å². The number of amides is 1. The van der Waals surface area contributed by atoms with Gasteiger partial charge in [0.25, 0.3) is 5.91 Å². The Bertz CT molecular complexity index is 647. The Morgan fingerprint density at radius 1 is 1.19 bits per heavy atom. The molecule has 2 aromatic carbocycles. The summed E-state index contributed by atoms with van der Waals surface area (Å²) in [5.41, 5.74) is 6.07. The van der Waals surface area contributed by atoms with Crippen LogP contribution in [0, 0.1) is 11.6 Å². The van der Waals surface area contributed by atoms with Crippen molar-refractivity contribution in [3.8, 4) is 5.75 Å². The van der Waals surface area contributed by atoms with Gasteiger partial charge in [0.15, 0.2) is 6.61 Å². The molecule has 3 N–H and O–H groups in total. The van der Waals surface area contributed by atoms with Crippen LogP contribution in [0.4, 0.5) is 14.5 Å². The zero-order valence-corrected chi connectivity index (χ0v) is 11.1. The number of benzene rings is 2. The first-order valence-corrected chi connectivity index (χ1v) is 6.26. The first-order valence-electron chi connectivity index (χ1n) is 6.26. The summed E-state index contributed by atoms with van der Waals surface area (Å²) >= 11 is 0. The number of halogens is 2. The SMILES string of the molecule is NCc1ccccc1OCC(=O)Nc1cc(F)ccc1F. The summed E-state index contributed by atoms with van der Waals surface area (Å²) in [7, 11) is 0. The van der Waals surface area contributed by atoms with Crippen LogP contribution in [0.5, 0.6) is 5.75 Å². The van der Waals surface area contributed by atoms with Gasteiger partial charge in [0, 0.05) is 18.2 Å². The first-order chi connectivity index (χ1) is 10.1. The Kier molecular flexibility index (Phi) is 4.84. The quantitative estimate of drug-likeness (QED) is 0.889. The van der Waals surface area contributed by atoms with Gasteiger partial charge in [-0.05, 0) is 18.2 Å². The molecule has 0 saturated carbocycles. The van der Waals surface area contributed by atoms with Gasteiger partial charge >= 0.3 is 0 Å². The highest BCUT2D eigenvalue weighted by atomic mass is 19.1. The van der Waals surface area contributed by atoms with Gasteiger partial charge in [-0.15, -0.1) is 0 Å². The molecule has 0 aliphatic heterocycles. The van der Waals surface area contributed by atoms with Crippen molar-refractivity contribution in [3.63, 3.8) is 0 Å². The lowest BCUT2D eigenvalue weighted by Gasteiger charge is -2.10. The fourth-order valence-corrected chi connectivity index (χ4v) is 1.74. The van der Waals surface area contributed by atoms with Gasteiger partial charge < -0.3 is 15.8 Å². The summed E-state index contributed by atoms with van der Waals surface area (Å²) in [4.78, 5) is 11.7. The summed E-state index contributed by atoms with van der Waals surface area (Å²) in [6.07, 6.45) is 0. The maximum atomic E-state index is 13.4. The van der Waals surface area contributed by atoms with Crippen LogP contribution in [0.15, 0.2) is 42.5 Å². The highest BCUT2D eigenvalue weighted by Gasteiger charge is 2.10. The van der Waals surface area contributed by atoms with Gasteiger partial charge in [0.05, 0.1) is 5.69 Å². The van der Waals surface area contributed by atoms with Crippen molar-refractivity contribution in [1.82, 2.24) is 0 Å². The molecule has 0 spiro atoms. The standard InChI is InChI=1S/C15H14F2N2O2/c16-11-5-6-12(17)13(7-11)19-15(20)9-21-14-4-2-1-3-10(14)8-18/h1-7H,8-9,18H2,(H,19,20). The second-order valence-corrected chi connectivity index (χ2v) is 4.27. The normalized spacial score (nSPS) is 10.2. The minimum absolute atomic E-state index is 0.226. The number of nitrogens with two attached hydrogens (primary N) is 1. The number of anilines is 1. The van der Waals surface area contributed by atoms with E-state index in [1.54, 1.807) is 24.3 Å². The van der Waals surface area contributed by atoms with Crippen molar-refractivity contribution in [2.45, 2.75) is 6.54 Å². The third kappa shape index (κ3) is 4.00. The lowest BCUT2D eigenvalue weighted by molar-refractivity contribution is -0.118. The summed E-state index contributed by atoms with van der Waals surface area (Å²) in [5.74, 6) is -1.46. The molecule has 0 fully saturated rings. The van der Waals surface area contributed by atoms with Gasteiger partial charge in [-0.1, -0.05) is 18.2 Å². The molecule has 21 heavy (non-hydrogen) atoms. The monoisotopic (exact) mass is 292 g/mol. The summed E-state index contributed by atoms with van der Waals surface area (Å²) in [5, 5.41) is 2.25. The van der Waals surface area contributed by atoms with Crippen LogP contribution in [-0.2, 0) is 11.3 Å². The van der Waals surface area contributed by atoms with Crippen LogP contribution < -0.4 is 15.8 Å². The fourth-order valence-electron chi connectivity index (χ4n) is 1.74. The molecule has 4 nitrogen and oxygen atoms in total. The molecule has 0 saturated heterocycles. The number of hydrogen-bond acceptors (Lipinski definition) is 3. The summed E-state index contributed by atoms with van der Waals surface area (Å²) < 4.78 is 31.7. The largest absolute Gasteiger partial charge is 0.483 e. The fraction of sp³-hybridized carbons (Fsp3) is 0.133. The lowest BCUT2D eigenvalue weighted by Crippen LogP contribution is -2.21. The van der Waals surface area contributed by atoms with E-state index in [-0.39, 0.29) is 18.8 Å². The Morgan fingerprint density at radius 2 is 1.95 bits per heavy atom. The van der Waals surface area contributed by atoms with Crippen molar-refractivity contribution < 1.29 is 18.3 Å². The topological polar surface area (TPSA) is 64.3 Å². The van der Waals surface area contributed by atoms with E-state index >= 15 is 0 Å². The molecule has 6 heteroatoms. The molecule has 1 amide bonds. The maximum absolute atomic E-state index is 13.4. The molecular formula is C15H14F2N2O2. The Hall–Kier alpha value is -2.47. The van der Waals surface area contributed by atoms with Crippen LogP contribution in [0.1, 0.15) is 5.56 Å². The predicted molar refractivity (Wildman–Crippen MR) is 74.8 cm³/mol. The molecular weight excluding hydrogens is 278 g/mol. The van der Waals surface area contributed by atoms with Gasteiger partial charge in [-0.2, -0.15) is 0 Å². The molecule has 0 aliphatic rings. The number of carbonyl (C=O) groups excluding carboxylic acids is 1. The lowest BCUT2D eigenvalue weighted by atomic mass is 10.2. The Labute approximate surface area is 120 Å². The second-order valence-electron chi connectivity index (χ2n) is 4.27. The van der Waals surface area contributed by atoms with Gasteiger partial charge in [-0.3, -0.25) is 4.79 Å². The highest BCUT2D eigenvalue weighted by Crippen LogP contribution is 2.18. The molecule has 0 aromatic heterocycles. The molecule has 0 radical (unpaired) electrons. The summed E-state index contributed by atoms with van der Waals surface area (Å²) in [6, 6.07) is 9.82. The number of ether oxygens (including phenoxy) is 1. The van der Waals surface area contributed by atoms with Crippen LogP contribution in [0.2, 0.25) is 0 Å². The summed E-state index contributed by atoms with van der Waals surface area (Å²) in [6.45, 7) is -0.0523. The van der Waals surface area contributed by atoms with Crippen molar-refractivity contribution in [2.75, 3.05) is 11.9 Å². The van der Waals surface area contributed by atoms with Gasteiger partial charge in [0.1, 0.15) is 17.4 Å². The van der Waals surface area contributed by atoms with E-state index in [9.17, 15) is 13.6 Å². The molecule has 0 heterocycles. The average molecular weight is 292 g/mol. The second kappa shape index (κ2) is 6.81. The predicted octanol–water partition coefficient (Wildman–Crippen LogP) is 2.44. The highest BCUT2D eigenvalue weighted by molar-refractivity contribution is 5.92. The van der Waals surface area contributed by atoms with Crippen molar-refractivity contribution in [3.05, 3.63) is 59.7 Å². The van der Waals surface area contributed by atoms with Gasteiger partial charge in [0.2, 0.25) is 0 Å². The molecule has 0 bridgehead atoms. The van der Waals surface area contributed by atoms with Gasteiger partial charge in [-0.25, -0.2) is 8.78 Å². The molecule has 2 rings (SSSR count). The molecule has 0 aliphatic carbocycles. The van der Waals surface area contributed by atoms with E-state index < -0.39 is 17.5 Å².